The lowest BCUT2D eigenvalue weighted by Crippen LogP contribution is -2.51. The molecule has 0 bridgehead atoms. The molecule has 120 valence electrons. The third kappa shape index (κ3) is 4.24. The summed E-state index contributed by atoms with van der Waals surface area (Å²) in [6, 6.07) is 8.19. The van der Waals surface area contributed by atoms with Gasteiger partial charge in [-0.1, -0.05) is 29.8 Å². The summed E-state index contributed by atoms with van der Waals surface area (Å²) >= 11 is 1.55. The highest BCUT2D eigenvalue weighted by Gasteiger charge is 2.40. The topological polar surface area (TPSA) is 77.8 Å². The van der Waals surface area contributed by atoms with Gasteiger partial charge in [0.25, 0.3) is 0 Å². The van der Waals surface area contributed by atoms with Gasteiger partial charge in [0.05, 0.1) is 5.75 Å². The molecule has 1 aromatic carbocycles. The Morgan fingerprint density at radius 3 is 2.59 bits per heavy atom. The van der Waals surface area contributed by atoms with Gasteiger partial charge in [-0.05, 0) is 12.5 Å². The number of carbonyl (C=O) groups excluding carboxylic acids is 1. The van der Waals surface area contributed by atoms with Gasteiger partial charge in [-0.2, -0.15) is 0 Å². The largest absolute Gasteiger partial charge is 0.479 e. The summed E-state index contributed by atoms with van der Waals surface area (Å²) in [6.45, 7) is 2.63. The number of carboxylic acid groups (broad SMARTS) is 1. The van der Waals surface area contributed by atoms with Crippen LogP contribution in [0.4, 0.5) is 0 Å². The summed E-state index contributed by atoms with van der Waals surface area (Å²) in [4.78, 5) is 24.7. The van der Waals surface area contributed by atoms with Gasteiger partial charge >= 0.3 is 5.97 Å². The van der Waals surface area contributed by atoms with E-state index in [9.17, 15) is 14.7 Å². The zero-order chi connectivity index (χ0) is 16.2. The Bertz CT molecular complexity index is 553. The van der Waals surface area contributed by atoms with E-state index in [0.29, 0.717) is 18.8 Å². The molecule has 1 aliphatic rings. The fraction of sp³-hybridized carbons (Fsp3) is 0.500. The predicted molar refractivity (Wildman–Crippen MR) is 85.7 cm³/mol. The molecule has 0 unspecified atom stereocenters. The minimum Gasteiger partial charge on any atom is -0.479 e. The summed E-state index contributed by atoms with van der Waals surface area (Å²) in [7, 11) is 0. The second-order valence-corrected chi connectivity index (χ2v) is 6.68. The van der Waals surface area contributed by atoms with Gasteiger partial charge in [0.2, 0.25) is 5.91 Å². The molecule has 0 spiro atoms. The van der Waals surface area contributed by atoms with E-state index in [-0.39, 0.29) is 18.7 Å². The van der Waals surface area contributed by atoms with Gasteiger partial charge in [-0.25, -0.2) is 4.79 Å². The quantitative estimate of drug-likeness (QED) is 0.862. The molecule has 0 atom stereocenters. The van der Waals surface area contributed by atoms with Crippen LogP contribution >= 0.6 is 11.8 Å². The van der Waals surface area contributed by atoms with Gasteiger partial charge in [0, 0.05) is 31.7 Å². The molecule has 2 rings (SSSR count). The Labute approximate surface area is 134 Å². The molecule has 0 saturated carbocycles. The SMILES string of the molecule is Cc1cccc(CSCC(=O)N2CCC(O)(C(=O)O)CC2)c1. The van der Waals surface area contributed by atoms with Crippen LogP contribution in [0.25, 0.3) is 0 Å². The normalized spacial score (nSPS) is 17.3. The number of carbonyl (C=O) groups is 2. The molecule has 0 radical (unpaired) electrons. The standard InChI is InChI=1S/C16H21NO4S/c1-12-3-2-4-13(9-12)10-22-11-14(18)17-7-5-16(21,6-8-17)15(19)20/h2-4,9,21H,5-8,10-11H2,1H3,(H,19,20). The number of hydrogen-bond donors (Lipinski definition) is 2. The molecule has 5 nitrogen and oxygen atoms in total. The number of carboxylic acids is 1. The van der Waals surface area contributed by atoms with E-state index in [1.54, 1.807) is 16.7 Å². The van der Waals surface area contributed by atoms with Gasteiger partial charge in [-0.3, -0.25) is 4.79 Å². The average molecular weight is 323 g/mol. The first-order valence-corrected chi connectivity index (χ1v) is 8.43. The van der Waals surface area contributed by atoms with Crippen LogP contribution in [0.3, 0.4) is 0 Å². The van der Waals surface area contributed by atoms with E-state index in [4.69, 9.17) is 5.11 Å². The van der Waals surface area contributed by atoms with Crippen molar-refractivity contribution in [2.45, 2.75) is 31.1 Å². The molecule has 22 heavy (non-hydrogen) atoms. The highest BCUT2D eigenvalue weighted by atomic mass is 32.2. The van der Waals surface area contributed by atoms with Crippen molar-refractivity contribution in [3.05, 3.63) is 35.4 Å². The number of aliphatic hydroxyl groups is 1. The molecule has 1 heterocycles. The lowest BCUT2D eigenvalue weighted by atomic mass is 9.92. The molecule has 0 aliphatic carbocycles. The molecule has 2 N–H and O–H groups in total. The summed E-state index contributed by atoms with van der Waals surface area (Å²) in [5.74, 6) is -0.0433. The van der Waals surface area contributed by atoms with Crippen molar-refractivity contribution in [2.24, 2.45) is 0 Å². The summed E-state index contributed by atoms with van der Waals surface area (Å²) < 4.78 is 0. The monoisotopic (exact) mass is 323 g/mol. The zero-order valence-electron chi connectivity index (χ0n) is 12.6. The van der Waals surface area contributed by atoms with E-state index in [2.05, 4.69) is 6.07 Å². The third-order valence-electron chi connectivity index (χ3n) is 3.92. The van der Waals surface area contributed by atoms with Crippen LogP contribution in [0.1, 0.15) is 24.0 Å². The second-order valence-electron chi connectivity index (χ2n) is 5.70. The molecular formula is C16H21NO4S. The summed E-state index contributed by atoms with van der Waals surface area (Å²) in [5, 5.41) is 18.8. The molecule has 1 amide bonds. The maximum Gasteiger partial charge on any atom is 0.335 e. The van der Waals surface area contributed by atoms with E-state index in [0.717, 1.165) is 5.75 Å². The molecular weight excluding hydrogens is 302 g/mol. The Kier molecular flexibility index (Phi) is 5.47. The lowest BCUT2D eigenvalue weighted by molar-refractivity contribution is -0.165. The van der Waals surface area contributed by atoms with E-state index >= 15 is 0 Å². The highest BCUT2D eigenvalue weighted by Crippen LogP contribution is 2.23. The smallest absolute Gasteiger partial charge is 0.335 e. The van der Waals surface area contributed by atoms with Crippen molar-refractivity contribution in [3.63, 3.8) is 0 Å². The molecule has 1 fully saturated rings. The van der Waals surface area contributed by atoms with Crippen molar-refractivity contribution in [3.8, 4) is 0 Å². The molecule has 6 heteroatoms. The number of nitrogens with zero attached hydrogens (tertiary/aromatic N) is 1. The number of amides is 1. The Morgan fingerprint density at radius 2 is 2.00 bits per heavy atom. The fourth-order valence-corrected chi connectivity index (χ4v) is 3.36. The van der Waals surface area contributed by atoms with Crippen LogP contribution in [-0.2, 0) is 15.3 Å². The van der Waals surface area contributed by atoms with Crippen molar-refractivity contribution in [2.75, 3.05) is 18.8 Å². The first-order valence-electron chi connectivity index (χ1n) is 7.27. The van der Waals surface area contributed by atoms with Crippen molar-refractivity contribution in [1.82, 2.24) is 4.90 Å². The summed E-state index contributed by atoms with van der Waals surface area (Å²) in [5.41, 5.74) is 0.719. The second kappa shape index (κ2) is 7.15. The Morgan fingerprint density at radius 1 is 1.32 bits per heavy atom. The number of piperidine rings is 1. The van der Waals surface area contributed by atoms with Gasteiger partial charge in [0.1, 0.15) is 0 Å². The number of aliphatic carboxylic acids is 1. The number of likely N-dealkylation sites (tertiary alicyclic amines) is 1. The molecule has 1 aliphatic heterocycles. The van der Waals surface area contributed by atoms with Crippen molar-refractivity contribution in [1.29, 1.82) is 0 Å². The highest BCUT2D eigenvalue weighted by molar-refractivity contribution is 7.99. The maximum absolute atomic E-state index is 12.1. The minimum atomic E-state index is -1.68. The van der Waals surface area contributed by atoms with Gasteiger partial charge < -0.3 is 15.1 Å². The van der Waals surface area contributed by atoms with Gasteiger partial charge in [0.15, 0.2) is 5.60 Å². The number of hydrogen-bond acceptors (Lipinski definition) is 4. The molecule has 1 saturated heterocycles. The molecule has 1 aromatic rings. The molecule has 0 aromatic heterocycles. The number of thioether (sulfide) groups is 1. The van der Waals surface area contributed by atoms with Crippen LogP contribution < -0.4 is 0 Å². The van der Waals surface area contributed by atoms with Gasteiger partial charge in [-0.15, -0.1) is 11.8 Å². The number of benzene rings is 1. The van der Waals surface area contributed by atoms with E-state index in [1.165, 1.54) is 11.1 Å². The van der Waals surface area contributed by atoms with Crippen molar-refractivity contribution >= 4 is 23.6 Å². The summed E-state index contributed by atoms with van der Waals surface area (Å²) in [6.07, 6.45) is 0.188. The fourth-order valence-electron chi connectivity index (χ4n) is 2.49. The third-order valence-corrected chi connectivity index (χ3v) is 4.91. The average Bonchev–Trinajstić information content (AvgIpc) is 2.48. The van der Waals surface area contributed by atoms with Crippen LogP contribution in [-0.4, -0.2) is 51.4 Å². The predicted octanol–water partition coefficient (Wildman–Crippen LogP) is 1.67. The Balaban J connectivity index is 1.76. The number of rotatable bonds is 5. The van der Waals surface area contributed by atoms with Crippen LogP contribution in [0, 0.1) is 6.92 Å². The van der Waals surface area contributed by atoms with E-state index in [1.807, 2.05) is 25.1 Å². The van der Waals surface area contributed by atoms with Crippen molar-refractivity contribution < 1.29 is 19.8 Å². The Hall–Kier alpha value is -1.53. The number of aryl methyl sites for hydroxylation is 1. The lowest BCUT2D eigenvalue weighted by Gasteiger charge is -2.35. The van der Waals surface area contributed by atoms with Crippen LogP contribution in [0.2, 0.25) is 0 Å². The maximum atomic E-state index is 12.1. The van der Waals surface area contributed by atoms with Crippen LogP contribution in [0.5, 0.6) is 0 Å². The first-order chi connectivity index (χ1) is 10.4. The zero-order valence-corrected chi connectivity index (χ0v) is 13.4. The van der Waals surface area contributed by atoms with Crippen LogP contribution in [0.15, 0.2) is 24.3 Å². The van der Waals surface area contributed by atoms with E-state index < -0.39 is 11.6 Å². The minimum absolute atomic E-state index is 0.00471. The first kappa shape index (κ1) is 16.8.